The van der Waals surface area contributed by atoms with Crippen molar-refractivity contribution in [3.8, 4) is 6.07 Å². The second kappa shape index (κ2) is 5.64. The van der Waals surface area contributed by atoms with Gasteiger partial charge < -0.3 is 5.32 Å². The summed E-state index contributed by atoms with van der Waals surface area (Å²) in [5.41, 5.74) is 1.76. The second-order valence-corrected chi connectivity index (χ2v) is 4.95. The third-order valence-corrected chi connectivity index (χ3v) is 3.57. The van der Waals surface area contributed by atoms with Crippen molar-refractivity contribution in [2.24, 2.45) is 0 Å². The number of aromatic nitrogens is 1. The highest BCUT2D eigenvalue weighted by molar-refractivity contribution is 5.86. The Labute approximate surface area is 123 Å². The Kier molecular flexibility index (Phi) is 3.53. The molecule has 0 aliphatic carbocycles. The summed E-state index contributed by atoms with van der Waals surface area (Å²) in [6.07, 6.45) is 1.69. The monoisotopic (exact) mass is 273 g/mol. The Hall–Kier alpha value is -2.86. The molecule has 0 unspecified atom stereocenters. The van der Waals surface area contributed by atoms with E-state index in [0.29, 0.717) is 11.4 Å². The molecule has 1 heterocycles. The van der Waals surface area contributed by atoms with E-state index >= 15 is 0 Å². The average molecular weight is 273 g/mol. The van der Waals surface area contributed by atoms with Gasteiger partial charge in [-0.25, -0.2) is 4.98 Å². The van der Waals surface area contributed by atoms with Crippen molar-refractivity contribution in [1.82, 2.24) is 4.98 Å². The number of hydrogen-bond acceptors (Lipinski definition) is 3. The van der Waals surface area contributed by atoms with Crippen molar-refractivity contribution in [2.75, 3.05) is 5.32 Å². The van der Waals surface area contributed by atoms with Crippen LogP contribution in [0.3, 0.4) is 0 Å². The van der Waals surface area contributed by atoms with E-state index < -0.39 is 0 Å². The van der Waals surface area contributed by atoms with Gasteiger partial charge >= 0.3 is 0 Å². The lowest BCUT2D eigenvalue weighted by Crippen LogP contribution is -2.09. The zero-order valence-electron chi connectivity index (χ0n) is 11.7. The predicted molar refractivity (Wildman–Crippen MR) is 84.9 cm³/mol. The van der Waals surface area contributed by atoms with Gasteiger partial charge in [0.1, 0.15) is 11.9 Å². The Morgan fingerprint density at radius 3 is 2.71 bits per heavy atom. The van der Waals surface area contributed by atoms with Crippen LogP contribution in [0.25, 0.3) is 10.8 Å². The van der Waals surface area contributed by atoms with Crippen molar-refractivity contribution >= 4 is 16.6 Å². The van der Waals surface area contributed by atoms with Crippen molar-refractivity contribution in [2.45, 2.75) is 13.0 Å². The van der Waals surface area contributed by atoms with Crippen LogP contribution in [0.15, 0.2) is 60.8 Å². The quantitative estimate of drug-likeness (QED) is 0.774. The van der Waals surface area contributed by atoms with Crippen molar-refractivity contribution < 1.29 is 0 Å². The maximum Gasteiger partial charge on any atom is 0.144 e. The Morgan fingerprint density at radius 2 is 1.86 bits per heavy atom. The molecule has 0 spiro atoms. The van der Waals surface area contributed by atoms with Gasteiger partial charge in [-0.15, -0.1) is 0 Å². The summed E-state index contributed by atoms with van der Waals surface area (Å²) in [4.78, 5) is 4.26. The average Bonchev–Trinajstić information content (AvgIpc) is 2.54. The molecule has 1 N–H and O–H groups in total. The molecule has 0 bridgehead atoms. The van der Waals surface area contributed by atoms with Gasteiger partial charge in [0.2, 0.25) is 0 Å². The van der Waals surface area contributed by atoms with Gasteiger partial charge in [0, 0.05) is 6.20 Å². The molecule has 3 aromatic rings. The first kappa shape index (κ1) is 13.1. The van der Waals surface area contributed by atoms with Gasteiger partial charge in [-0.1, -0.05) is 42.5 Å². The van der Waals surface area contributed by atoms with Gasteiger partial charge in [0.15, 0.2) is 0 Å². The summed E-state index contributed by atoms with van der Waals surface area (Å²) in [7, 11) is 0. The van der Waals surface area contributed by atoms with Crippen LogP contribution in [0.1, 0.15) is 24.1 Å². The van der Waals surface area contributed by atoms with E-state index in [1.165, 1.54) is 16.3 Å². The third-order valence-electron chi connectivity index (χ3n) is 3.57. The number of hydrogen-bond donors (Lipinski definition) is 1. The number of pyridine rings is 1. The minimum absolute atomic E-state index is 0.0677. The molecule has 0 radical (unpaired) electrons. The molecule has 0 aliphatic heterocycles. The molecule has 0 saturated heterocycles. The van der Waals surface area contributed by atoms with Crippen molar-refractivity contribution in [3.05, 3.63) is 71.9 Å². The highest BCUT2D eigenvalue weighted by Gasteiger charge is 2.11. The number of benzene rings is 2. The number of fused-ring (bicyclic) bond motifs is 1. The van der Waals surface area contributed by atoms with Crippen LogP contribution in [0, 0.1) is 11.3 Å². The van der Waals surface area contributed by atoms with Crippen LogP contribution in [-0.4, -0.2) is 4.98 Å². The summed E-state index contributed by atoms with van der Waals surface area (Å²) in [5.74, 6) is 0.625. The summed E-state index contributed by atoms with van der Waals surface area (Å²) in [6, 6.07) is 20.3. The second-order valence-electron chi connectivity index (χ2n) is 4.95. The Bertz CT molecular complexity index is 813. The minimum atomic E-state index is 0.0677. The fourth-order valence-electron chi connectivity index (χ4n) is 2.52. The Balaban J connectivity index is 1.98. The van der Waals surface area contributed by atoms with E-state index in [-0.39, 0.29) is 6.04 Å². The molecular weight excluding hydrogens is 258 g/mol. The number of anilines is 1. The SMILES string of the molecule is C[C@H](Nc1ncccc1C#N)c1cccc2ccccc12. The zero-order chi connectivity index (χ0) is 14.7. The van der Waals surface area contributed by atoms with Crippen molar-refractivity contribution in [3.63, 3.8) is 0 Å². The largest absolute Gasteiger partial charge is 0.362 e. The molecule has 3 nitrogen and oxygen atoms in total. The van der Waals surface area contributed by atoms with E-state index in [2.05, 4.69) is 53.6 Å². The molecule has 1 atom stereocenters. The van der Waals surface area contributed by atoms with Crippen LogP contribution >= 0.6 is 0 Å². The summed E-state index contributed by atoms with van der Waals surface area (Å²) < 4.78 is 0. The molecular formula is C18H15N3. The van der Waals surface area contributed by atoms with Gasteiger partial charge in [-0.2, -0.15) is 5.26 Å². The maximum atomic E-state index is 9.14. The number of rotatable bonds is 3. The molecule has 0 fully saturated rings. The molecule has 0 amide bonds. The molecule has 2 aromatic carbocycles. The van der Waals surface area contributed by atoms with Crippen molar-refractivity contribution in [1.29, 1.82) is 5.26 Å². The van der Waals surface area contributed by atoms with Gasteiger partial charge in [-0.05, 0) is 35.4 Å². The molecule has 1 aromatic heterocycles. The Morgan fingerprint density at radius 1 is 1.05 bits per heavy atom. The number of nitriles is 1. The smallest absolute Gasteiger partial charge is 0.144 e. The molecule has 3 rings (SSSR count). The van der Waals surface area contributed by atoms with Crippen LogP contribution in [0.5, 0.6) is 0 Å². The highest BCUT2D eigenvalue weighted by atomic mass is 15.0. The first-order chi connectivity index (χ1) is 10.3. The van der Waals surface area contributed by atoms with E-state index in [1.54, 1.807) is 18.3 Å². The molecule has 102 valence electrons. The lowest BCUT2D eigenvalue weighted by molar-refractivity contribution is 0.882. The summed E-state index contributed by atoms with van der Waals surface area (Å²) in [6.45, 7) is 2.08. The van der Waals surface area contributed by atoms with Crippen LogP contribution < -0.4 is 5.32 Å². The summed E-state index contributed by atoms with van der Waals surface area (Å²) >= 11 is 0. The van der Waals surface area contributed by atoms with E-state index in [1.807, 2.05) is 12.1 Å². The predicted octanol–water partition coefficient (Wildman–Crippen LogP) is 4.28. The molecule has 21 heavy (non-hydrogen) atoms. The minimum Gasteiger partial charge on any atom is -0.362 e. The first-order valence-corrected chi connectivity index (χ1v) is 6.89. The highest BCUT2D eigenvalue weighted by Crippen LogP contribution is 2.27. The molecule has 3 heteroatoms. The van der Waals surface area contributed by atoms with Crippen LogP contribution in [-0.2, 0) is 0 Å². The van der Waals surface area contributed by atoms with Crippen LogP contribution in [0.2, 0.25) is 0 Å². The first-order valence-electron chi connectivity index (χ1n) is 6.89. The fourth-order valence-corrected chi connectivity index (χ4v) is 2.52. The molecule has 0 aliphatic rings. The maximum absolute atomic E-state index is 9.14. The number of nitrogens with zero attached hydrogens (tertiary/aromatic N) is 2. The van der Waals surface area contributed by atoms with Gasteiger partial charge in [0.05, 0.1) is 11.6 Å². The van der Waals surface area contributed by atoms with E-state index in [4.69, 9.17) is 5.26 Å². The zero-order valence-corrected chi connectivity index (χ0v) is 11.7. The summed E-state index contributed by atoms with van der Waals surface area (Å²) in [5, 5.41) is 14.9. The van der Waals surface area contributed by atoms with Gasteiger partial charge in [-0.3, -0.25) is 0 Å². The lowest BCUT2D eigenvalue weighted by atomic mass is 9.99. The fraction of sp³-hybridized carbons (Fsp3) is 0.111. The van der Waals surface area contributed by atoms with E-state index in [0.717, 1.165) is 0 Å². The van der Waals surface area contributed by atoms with Gasteiger partial charge in [0.25, 0.3) is 0 Å². The van der Waals surface area contributed by atoms with Crippen LogP contribution in [0.4, 0.5) is 5.82 Å². The topological polar surface area (TPSA) is 48.7 Å². The number of nitrogens with one attached hydrogen (secondary N) is 1. The third kappa shape index (κ3) is 2.56. The standard InChI is InChI=1S/C18H15N3/c1-13(21-18-15(12-19)8-5-11-20-18)16-10-4-7-14-6-2-3-9-17(14)16/h2-11,13H,1H3,(H,20,21)/t13-/m0/s1. The normalized spacial score (nSPS) is 11.8. The van der Waals surface area contributed by atoms with E-state index in [9.17, 15) is 0 Å². The molecule has 0 saturated carbocycles. The lowest BCUT2D eigenvalue weighted by Gasteiger charge is -2.17.